The van der Waals surface area contributed by atoms with E-state index in [0.29, 0.717) is 16.3 Å². The second kappa shape index (κ2) is 7.40. The molecule has 0 aromatic heterocycles. The van der Waals surface area contributed by atoms with Crippen LogP contribution in [0.3, 0.4) is 0 Å². The third-order valence-electron chi connectivity index (χ3n) is 3.06. The smallest absolute Gasteiger partial charge is 0.416 e. The number of nitrogens with one attached hydrogen (secondary N) is 1. The molecule has 1 amide bonds. The summed E-state index contributed by atoms with van der Waals surface area (Å²) in [6, 6.07) is 9.29. The van der Waals surface area contributed by atoms with Crippen molar-refractivity contribution in [2.45, 2.75) is 6.18 Å². The molecule has 0 saturated heterocycles. The summed E-state index contributed by atoms with van der Waals surface area (Å²) >= 11 is 5.88. The predicted molar refractivity (Wildman–Crippen MR) is 87.1 cm³/mol. The van der Waals surface area contributed by atoms with Crippen molar-refractivity contribution in [1.29, 1.82) is 0 Å². The van der Waals surface area contributed by atoms with E-state index in [4.69, 9.17) is 16.3 Å². The first-order chi connectivity index (χ1) is 11.3. The van der Waals surface area contributed by atoms with Gasteiger partial charge in [-0.2, -0.15) is 13.2 Å². The lowest BCUT2D eigenvalue weighted by atomic mass is 10.1. The van der Waals surface area contributed by atoms with E-state index in [-0.39, 0.29) is 5.69 Å². The number of anilines is 1. The first kappa shape index (κ1) is 17.9. The van der Waals surface area contributed by atoms with Crippen molar-refractivity contribution < 1.29 is 22.7 Å². The van der Waals surface area contributed by atoms with Gasteiger partial charge in [0.1, 0.15) is 5.75 Å². The zero-order valence-corrected chi connectivity index (χ0v) is 13.3. The quantitative estimate of drug-likeness (QED) is 0.782. The summed E-state index contributed by atoms with van der Waals surface area (Å²) in [5, 5.41) is 2.84. The van der Waals surface area contributed by atoms with Gasteiger partial charge in [-0.15, -0.1) is 0 Å². The number of halogens is 4. The molecule has 7 heteroatoms. The summed E-state index contributed by atoms with van der Waals surface area (Å²) in [4.78, 5) is 11.9. The van der Waals surface area contributed by atoms with Crippen molar-refractivity contribution in [2.24, 2.45) is 0 Å². The molecular formula is C17H13ClF3NO2. The molecule has 2 aromatic rings. The molecule has 0 radical (unpaired) electrons. The molecule has 126 valence electrons. The lowest BCUT2D eigenvalue weighted by Gasteiger charge is -2.09. The van der Waals surface area contributed by atoms with Crippen molar-refractivity contribution in [3.05, 3.63) is 64.7 Å². The molecule has 0 unspecified atom stereocenters. The van der Waals surface area contributed by atoms with Crippen molar-refractivity contribution >= 4 is 29.3 Å². The van der Waals surface area contributed by atoms with Crippen LogP contribution in [0.4, 0.5) is 18.9 Å². The molecule has 0 aliphatic heterocycles. The number of hydrogen-bond donors (Lipinski definition) is 1. The number of alkyl halides is 3. The second-order valence-electron chi connectivity index (χ2n) is 4.79. The van der Waals surface area contributed by atoms with Crippen LogP contribution in [-0.4, -0.2) is 13.0 Å². The minimum absolute atomic E-state index is 0.0533. The van der Waals surface area contributed by atoms with E-state index in [0.717, 1.165) is 12.1 Å². The highest BCUT2D eigenvalue weighted by Gasteiger charge is 2.30. The van der Waals surface area contributed by atoms with E-state index in [1.165, 1.54) is 31.4 Å². The maximum absolute atomic E-state index is 12.6. The Kier molecular flexibility index (Phi) is 5.51. The number of benzene rings is 2. The Balaban J connectivity index is 2.13. The maximum Gasteiger partial charge on any atom is 0.416 e. The van der Waals surface area contributed by atoms with Crippen molar-refractivity contribution in [3.8, 4) is 5.75 Å². The Bertz CT molecular complexity index is 773. The van der Waals surface area contributed by atoms with E-state index >= 15 is 0 Å². The van der Waals surface area contributed by atoms with Gasteiger partial charge < -0.3 is 10.1 Å². The third-order valence-corrected chi connectivity index (χ3v) is 3.30. The van der Waals surface area contributed by atoms with Crippen LogP contribution in [0.15, 0.2) is 48.5 Å². The second-order valence-corrected chi connectivity index (χ2v) is 5.22. The summed E-state index contributed by atoms with van der Waals surface area (Å²) in [7, 11) is 1.48. The summed E-state index contributed by atoms with van der Waals surface area (Å²) < 4.78 is 43.1. The largest absolute Gasteiger partial charge is 0.496 e. The molecule has 24 heavy (non-hydrogen) atoms. The topological polar surface area (TPSA) is 38.3 Å². The molecule has 0 heterocycles. The maximum atomic E-state index is 12.6. The van der Waals surface area contributed by atoms with Gasteiger partial charge >= 0.3 is 6.18 Å². The van der Waals surface area contributed by atoms with Gasteiger partial charge in [0.2, 0.25) is 5.91 Å². The fraction of sp³-hybridized carbons (Fsp3) is 0.118. The van der Waals surface area contributed by atoms with E-state index in [2.05, 4.69) is 5.32 Å². The van der Waals surface area contributed by atoms with E-state index < -0.39 is 17.6 Å². The first-order valence-corrected chi connectivity index (χ1v) is 7.17. The average molecular weight is 356 g/mol. The molecule has 0 spiro atoms. The van der Waals surface area contributed by atoms with Gasteiger partial charge in [0.25, 0.3) is 0 Å². The monoisotopic (exact) mass is 355 g/mol. The molecule has 0 bridgehead atoms. The van der Waals surface area contributed by atoms with E-state index in [1.807, 2.05) is 0 Å². The molecule has 1 N–H and O–H groups in total. The third kappa shape index (κ3) is 4.76. The Morgan fingerprint density at radius 3 is 2.62 bits per heavy atom. The number of amides is 1. The zero-order valence-electron chi connectivity index (χ0n) is 12.5. The molecule has 0 atom stereocenters. The summed E-state index contributed by atoms with van der Waals surface area (Å²) in [5.41, 5.74) is -0.206. The molecular weight excluding hydrogens is 343 g/mol. The fourth-order valence-electron chi connectivity index (χ4n) is 1.96. The van der Waals surface area contributed by atoms with Gasteiger partial charge in [-0.1, -0.05) is 17.7 Å². The van der Waals surface area contributed by atoms with Crippen molar-refractivity contribution in [3.63, 3.8) is 0 Å². The van der Waals surface area contributed by atoms with Crippen LogP contribution < -0.4 is 10.1 Å². The summed E-state index contributed by atoms with van der Waals surface area (Å²) in [6.07, 6.45) is -1.81. The highest BCUT2D eigenvalue weighted by Crippen LogP contribution is 2.30. The summed E-state index contributed by atoms with van der Waals surface area (Å²) in [6.45, 7) is 0. The Labute approximate surface area is 141 Å². The number of ether oxygens (including phenoxy) is 1. The van der Waals surface area contributed by atoms with Gasteiger partial charge in [-0.3, -0.25) is 4.79 Å². The summed E-state index contributed by atoms with van der Waals surface area (Å²) in [5.74, 6) is -0.0566. The fourth-order valence-corrected chi connectivity index (χ4v) is 2.14. The Morgan fingerprint density at radius 1 is 1.21 bits per heavy atom. The highest BCUT2D eigenvalue weighted by atomic mass is 35.5. The molecule has 3 nitrogen and oxygen atoms in total. The minimum Gasteiger partial charge on any atom is -0.496 e. The van der Waals surface area contributed by atoms with Gasteiger partial charge in [-0.05, 0) is 42.5 Å². The van der Waals surface area contributed by atoms with Gasteiger partial charge in [0.05, 0.1) is 12.7 Å². The van der Waals surface area contributed by atoms with E-state index in [9.17, 15) is 18.0 Å². The highest BCUT2D eigenvalue weighted by molar-refractivity contribution is 6.30. The number of methoxy groups -OCH3 is 1. The SMILES string of the molecule is COc1ccc(Cl)cc1/C=C/C(=O)Nc1cccc(C(F)(F)F)c1. The van der Waals surface area contributed by atoms with Gasteiger partial charge in [-0.25, -0.2) is 0 Å². The molecule has 0 aliphatic rings. The van der Waals surface area contributed by atoms with Gasteiger partial charge in [0.15, 0.2) is 0 Å². The normalized spacial score (nSPS) is 11.5. The Hall–Kier alpha value is -2.47. The van der Waals surface area contributed by atoms with Crippen LogP contribution in [0.2, 0.25) is 5.02 Å². The molecule has 0 fully saturated rings. The van der Waals surface area contributed by atoms with Crippen LogP contribution in [0.5, 0.6) is 5.75 Å². The standard InChI is InChI=1S/C17H13ClF3NO2/c1-24-15-7-6-13(18)9-11(15)5-8-16(23)22-14-4-2-3-12(10-14)17(19,20)21/h2-10H,1H3,(H,22,23)/b8-5+. The number of rotatable bonds is 4. The van der Waals surface area contributed by atoms with Crippen LogP contribution in [0.1, 0.15) is 11.1 Å². The Morgan fingerprint density at radius 2 is 1.96 bits per heavy atom. The molecule has 0 aliphatic carbocycles. The predicted octanol–water partition coefficient (Wildman–Crippen LogP) is 5.02. The molecule has 2 aromatic carbocycles. The number of carbonyl (C=O) groups excluding carboxylic acids is 1. The van der Waals surface area contributed by atoms with Crippen molar-refractivity contribution in [1.82, 2.24) is 0 Å². The number of carbonyl (C=O) groups is 1. The van der Waals surface area contributed by atoms with Gasteiger partial charge in [0, 0.05) is 22.3 Å². The first-order valence-electron chi connectivity index (χ1n) is 6.79. The van der Waals surface area contributed by atoms with Crippen LogP contribution in [-0.2, 0) is 11.0 Å². The van der Waals surface area contributed by atoms with Crippen LogP contribution in [0.25, 0.3) is 6.08 Å². The van der Waals surface area contributed by atoms with Crippen LogP contribution >= 0.6 is 11.6 Å². The number of hydrogen-bond acceptors (Lipinski definition) is 2. The van der Waals surface area contributed by atoms with Crippen LogP contribution in [0, 0.1) is 0 Å². The lowest BCUT2D eigenvalue weighted by Crippen LogP contribution is -2.10. The lowest BCUT2D eigenvalue weighted by molar-refractivity contribution is -0.137. The molecule has 0 saturated carbocycles. The minimum atomic E-state index is -4.47. The zero-order chi connectivity index (χ0) is 17.7. The average Bonchev–Trinajstić information content (AvgIpc) is 2.52. The van der Waals surface area contributed by atoms with E-state index in [1.54, 1.807) is 18.2 Å². The van der Waals surface area contributed by atoms with Crippen molar-refractivity contribution in [2.75, 3.05) is 12.4 Å². The molecule has 2 rings (SSSR count).